The largest absolute Gasteiger partial charge is 0.459 e. The van der Waals surface area contributed by atoms with E-state index in [4.69, 9.17) is 40.0 Å². The van der Waals surface area contributed by atoms with E-state index in [0.717, 1.165) is 10.8 Å². The van der Waals surface area contributed by atoms with Crippen molar-refractivity contribution in [1.82, 2.24) is 19.4 Å². The van der Waals surface area contributed by atoms with Crippen LogP contribution < -0.4 is 5.32 Å². The highest BCUT2D eigenvalue weighted by Crippen LogP contribution is 2.44. The molecule has 3 fully saturated rings. The number of halogens is 1. The Hall–Kier alpha value is -1.63. The van der Waals surface area contributed by atoms with E-state index in [9.17, 15) is 38.7 Å². The van der Waals surface area contributed by atoms with Crippen LogP contribution >= 0.6 is 11.6 Å². The SMILES string of the molecule is CC[C@H]1OC(=O)[C@H](C)[C@@H](O[C@H]2C[C@@](C)(OC)[C@](O)(CN(C)CCN(C)C)[C@H](C)O2)[C@H](C)[C@@H](O[C@@H]2O[C@H](C)C[C@H](N(C)S(=O)(=O)c3ccc(Cl)cc3)[C@H]2O)[C@](C)(O)C[C@@H](C)CN[C@H](C)[C@@H](O)[C@]1(C)O. The molecule has 0 aliphatic carbocycles. The molecule has 4 rings (SSSR count). The predicted octanol–water partition coefficient (Wildman–Crippen LogP) is 2.83. The molecule has 3 aliphatic rings. The standard InChI is InChI=1S/C48H85ClN4O14S/c1-16-37-47(10,58)41(55)32(6)50-26-28(2)24-45(8,57)42(67-44-39(54)36(23-29(3)63-44)53(14)68(60,61)35-19-17-34(49)18-20-35)30(4)40(31(5)43(56)65-37)66-38-25-46(9,62-15)48(59,33(7)64-38)27-52(13)22-21-51(11)12/h17-20,28-33,36-42,44,50,54-55,57-59H,16,21-27H2,1-15H3/t28-,29-,30+,31-,32-,33+,36+,37-,38+,39-,40+,41-,42-,44+,45-,46-,47-,48+/m1/s1. The average molecular weight is 1010 g/mol. The number of methoxy groups -OCH3 is 1. The van der Waals surface area contributed by atoms with Crippen LogP contribution in [0, 0.1) is 17.8 Å². The van der Waals surface area contributed by atoms with Gasteiger partial charge in [-0.1, -0.05) is 32.4 Å². The van der Waals surface area contributed by atoms with Crippen LogP contribution in [0.2, 0.25) is 5.02 Å². The van der Waals surface area contributed by atoms with Gasteiger partial charge in [0, 0.05) is 57.2 Å². The minimum Gasteiger partial charge on any atom is -0.459 e. The lowest BCUT2D eigenvalue weighted by Gasteiger charge is -2.54. The molecular weight excluding hydrogens is 924 g/mol. The number of nitrogens with zero attached hydrogens (tertiary/aromatic N) is 3. The second-order valence-electron chi connectivity index (χ2n) is 21.1. The molecule has 3 saturated heterocycles. The molecule has 0 bridgehead atoms. The molecule has 0 amide bonds. The lowest BCUT2D eigenvalue weighted by atomic mass is 9.75. The number of benzene rings is 1. The van der Waals surface area contributed by atoms with Gasteiger partial charge in [0.15, 0.2) is 12.6 Å². The van der Waals surface area contributed by atoms with Gasteiger partial charge in [-0.15, -0.1) is 0 Å². The Balaban J connectivity index is 1.82. The number of carbonyl (C=O) groups excluding carboxylic acids is 1. The lowest BCUT2D eigenvalue weighted by molar-refractivity contribution is -0.338. The lowest BCUT2D eigenvalue weighted by Crippen LogP contribution is -2.70. The van der Waals surface area contributed by atoms with Crippen LogP contribution in [0.1, 0.15) is 94.9 Å². The number of esters is 1. The summed E-state index contributed by atoms with van der Waals surface area (Å²) in [4.78, 5) is 18.6. The van der Waals surface area contributed by atoms with Crippen LogP contribution in [0.25, 0.3) is 0 Å². The minimum absolute atomic E-state index is 0.00984. The Kier molecular flexibility index (Phi) is 20.4. The van der Waals surface area contributed by atoms with Crippen molar-refractivity contribution in [2.75, 3.05) is 61.5 Å². The van der Waals surface area contributed by atoms with Crippen molar-refractivity contribution >= 4 is 27.6 Å². The first-order valence-corrected chi connectivity index (χ1v) is 25.9. The van der Waals surface area contributed by atoms with E-state index in [2.05, 4.69) is 5.32 Å². The number of likely N-dealkylation sites (N-methyl/N-ethyl adjacent to an activating group) is 3. The maximum absolute atomic E-state index is 14.6. The number of sulfonamides is 1. The fourth-order valence-corrected chi connectivity index (χ4v) is 11.9. The Bertz CT molecular complexity index is 1880. The molecule has 20 heteroatoms. The van der Waals surface area contributed by atoms with Gasteiger partial charge in [-0.05, 0) is 126 Å². The zero-order valence-electron chi connectivity index (χ0n) is 43.1. The maximum atomic E-state index is 14.6. The van der Waals surface area contributed by atoms with Crippen LogP contribution in [-0.2, 0) is 43.2 Å². The molecule has 1 aromatic carbocycles. The van der Waals surface area contributed by atoms with Crippen molar-refractivity contribution in [3.05, 3.63) is 29.3 Å². The molecule has 6 N–H and O–H groups in total. The van der Waals surface area contributed by atoms with Gasteiger partial charge >= 0.3 is 5.97 Å². The van der Waals surface area contributed by atoms with Gasteiger partial charge in [-0.25, -0.2) is 8.42 Å². The minimum atomic E-state index is -4.15. The molecule has 0 spiro atoms. The Morgan fingerprint density at radius 1 is 0.912 bits per heavy atom. The molecule has 3 heterocycles. The van der Waals surface area contributed by atoms with Gasteiger partial charge in [-0.2, -0.15) is 4.31 Å². The second-order valence-corrected chi connectivity index (χ2v) is 23.5. The summed E-state index contributed by atoms with van der Waals surface area (Å²) in [5.41, 5.74) is -6.40. The summed E-state index contributed by atoms with van der Waals surface area (Å²) < 4.78 is 67.7. The first-order chi connectivity index (χ1) is 31.4. The fraction of sp³-hybridized carbons (Fsp3) is 0.854. The van der Waals surface area contributed by atoms with Crippen molar-refractivity contribution in [3.8, 4) is 0 Å². The highest BCUT2D eigenvalue weighted by molar-refractivity contribution is 7.89. The molecule has 0 aromatic heterocycles. The zero-order chi connectivity index (χ0) is 51.5. The fourth-order valence-electron chi connectivity index (χ4n) is 10.4. The summed E-state index contributed by atoms with van der Waals surface area (Å²) in [7, 11) is 4.59. The molecule has 3 aliphatic heterocycles. The second kappa shape index (κ2) is 23.5. The van der Waals surface area contributed by atoms with E-state index in [0.29, 0.717) is 11.6 Å². The van der Waals surface area contributed by atoms with E-state index < -0.39 is 118 Å². The van der Waals surface area contributed by atoms with Crippen molar-refractivity contribution in [1.29, 1.82) is 0 Å². The zero-order valence-corrected chi connectivity index (χ0v) is 44.7. The Morgan fingerprint density at radius 3 is 2.10 bits per heavy atom. The summed E-state index contributed by atoms with van der Waals surface area (Å²) in [6.45, 7) is 18.8. The van der Waals surface area contributed by atoms with E-state index >= 15 is 0 Å². The number of hydrogen-bond acceptors (Lipinski definition) is 17. The highest BCUT2D eigenvalue weighted by atomic mass is 35.5. The Morgan fingerprint density at radius 2 is 1.53 bits per heavy atom. The van der Waals surface area contributed by atoms with Crippen LogP contribution in [0.3, 0.4) is 0 Å². The summed E-state index contributed by atoms with van der Waals surface area (Å²) in [6.07, 6.45) is -10.3. The molecule has 0 saturated carbocycles. The third kappa shape index (κ3) is 13.3. The van der Waals surface area contributed by atoms with Gasteiger partial charge < -0.3 is 69.1 Å². The molecule has 1 aromatic rings. The molecule has 394 valence electrons. The van der Waals surface area contributed by atoms with Crippen LogP contribution in [-0.4, -0.2) is 205 Å². The first kappa shape index (κ1) is 58.9. The number of rotatable bonds is 14. The third-order valence-electron chi connectivity index (χ3n) is 14.9. The maximum Gasteiger partial charge on any atom is 0.311 e. The molecular formula is C48H85ClN4O14S. The molecule has 0 radical (unpaired) electrons. The van der Waals surface area contributed by atoms with Crippen molar-refractivity contribution in [2.24, 2.45) is 17.8 Å². The number of aliphatic hydroxyl groups is 5. The number of nitrogens with one attached hydrogen (secondary N) is 1. The predicted molar refractivity (Wildman–Crippen MR) is 257 cm³/mol. The summed E-state index contributed by atoms with van der Waals surface area (Å²) >= 11 is 6.07. The Labute approximate surface area is 410 Å². The van der Waals surface area contributed by atoms with Gasteiger partial charge in [0.05, 0.1) is 46.9 Å². The van der Waals surface area contributed by atoms with Gasteiger partial charge in [-0.3, -0.25) is 4.79 Å². The van der Waals surface area contributed by atoms with Gasteiger partial charge in [0.1, 0.15) is 35.1 Å². The van der Waals surface area contributed by atoms with E-state index in [-0.39, 0.29) is 49.6 Å². The smallest absolute Gasteiger partial charge is 0.311 e. The third-order valence-corrected chi connectivity index (χ3v) is 17.1. The van der Waals surface area contributed by atoms with E-state index in [1.807, 2.05) is 37.9 Å². The van der Waals surface area contributed by atoms with Crippen LogP contribution in [0.5, 0.6) is 0 Å². The van der Waals surface area contributed by atoms with Crippen molar-refractivity contribution in [2.45, 2.75) is 190 Å². The van der Waals surface area contributed by atoms with Crippen LogP contribution in [0.15, 0.2) is 29.2 Å². The molecule has 0 unspecified atom stereocenters. The first-order valence-electron chi connectivity index (χ1n) is 24.1. The highest BCUT2D eigenvalue weighted by Gasteiger charge is 2.59. The number of cyclic esters (lactones) is 1. The molecule has 18 atom stereocenters. The monoisotopic (exact) mass is 1010 g/mol. The van der Waals surface area contributed by atoms with Gasteiger partial charge in [0.25, 0.3) is 0 Å². The van der Waals surface area contributed by atoms with E-state index in [1.54, 1.807) is 55.4 Å². The van der Waals surface area contributed by atoms with Crippen LogP contribution in [0.4, 0.5) is 0 Å². The number of ether oxygens (including phenoxy) is 6. The summed E-state index contributed by atoms with van der Waals surface area (Å²) in [5, 5.41) is 64.2. The summed E-state index contributed by atoms with van der Waals surface area (Å²) in [5.74, 6) is -3.17. The molecule has 68 heavy (non-hydrogen) atoms. The number of hydrogen-bond donors (Lipinski definition) is 6. The normalized spacial score (nSPS) is 41.9. The van der Waals surface area contributed by atoms with Crippen molar-refractivity contribution in [3.63, 3.8) is 0 Å². The van der Waals surface area contributed by atoms with Gasteiger partial charge in [0.2, 0.25) is 10.0 Å². The van der Waals surface area contributed by atoms with Crippen molar-refractivity contribution < 1.29 is 67.2 Å². The topological polar surface area (TPSA) is 229 Å². The number of aliphatic hydroxyl groups excluding tert-OH is 2. The quantitative estimate of drug-likeness (QED) is 0.147. The molecule has 18 nitrogen and oxygen atoms in total. The number of carbonyl (C=O) groups is 1. The average Bonchev–Trinajstić information content (AvgIpc) is 3.26. The van der Waals surface area contributed by atoms with E-state index in [1.165, 1.54) is 45.3 Å². The summed E-state index contributed by atoms with van der Waals surface area (Å²) in [6, 6.07) is 4.00.